The molecular formula is C20H20BrN7O2. The molecule has 0 aliphatic carbocycles. The number of aromatic nitrogens is 7. The maximum Gasteiger partial charge on any atom is 0.378 e. The number of carbonyl (C=O) groups excluding carboxylic acids is 1. The van der Waals surface area contributed by atoms with E-state index in [0.29, 0.717) is 17.9 Å². The molecule has 0 saturated carbocycles. The van der Waals surface area contributed by atoms with Gasteiger partial charge in [0, 0.05) is 24.4 Å². The Morgan fingerprint density at radius 1 is 1.20 bits per heavy atom. The number of halogens is 1. The van der Waals surface area contributed by atoms with E-state index in [0.717, 1.165) is 34.3 Å². The van der Waals surface area contributed by atoms with Crippen molar-refractivity contribution < 1.29 is 9.53 Å². The molecule has 0 aliphatic rings. The van der Waals surface area contributed by atoms with E-state index in [1.165, 1.54) is 4.52 Å². The highest BCUT2D eigenvalue weighted by molar-refractivity contribution is 9.10. The van der Waals surface area contributed by atoms with Crippen LogP contribution in [0.3, 0.4) is 0 Å². The number of fused-ring (bicyclic) bond motifs is 1. The summed E-state index contributed by atoms with van der Waals surface area (Å²) in [6.45, 7) is 4.11. The van der Waals surface area contributed by atoms with Crippen molar-refractivity contribution in [2.75, 3.05) is 6.61 Å². The van der Waals surface area contributed by atoms with Crippen molar-refractivity contribution in [3.63, 3.8) is 0 Å². The number of hydrogen-bond donors (Lipinski definition) is 0. The molecule has 0 saturated heterocycles. The Labute approximate surface area is 181 Å². The molecule has 0 aliphatic heterocycles. The molecule has 0 unspecified atom stereocenters. The SMILES string of the molecule is CCCc1c(Cc2ccnn2-c2ncccc2Br)ncn2nc(C(=O)OCC)nc12. The summed E-state index contributed by atoms with van der Waals surface area (Å²) >= 11 is 3.53. The van der Waals surface area contributed by atoms with Crippen molar-refractivity contribution in [3.05, 3.63) is 64.2 Å². The van der Waals surface area contributed by atoms with Crippen molar-refractivity contribution in [3.8, 4) is 5.82 Å². The van der Waals surface area contributed by atoms with E-state index in [4.69, 9.17) is 4.74 Å². The third-order valence-electron chi connectivity index (χ3n) is 4.54. The summed E-state index contributed by atoms with van der Waals surface area (Å²) in [6.07, 6.45) is 7.25. The Morgan fingerprint density at radius 2 is 2.07 bits per heavy atom. The minimum Gasteiger partial charge on any atom is -0.460 e. The van der Waals surface area contributed by atoms with E-state index in [1.54, 1.807) is 30.3 Å². The first-order valence-corrected chi connectivity index (χ1v) is 10.5. The number of esters is 1. The van der Waals surface area contributed by atoms with Gasteiger partial charge in [-0.15, -0.1) is 5.10 Å². The second kappa shape index (κ2) is 8.70. The van der Waals surface area contributed by atoms with E-state index in [9.17, 15) is 4.79 Å². The van der Waals surface area contributed by atoms with Gasteiger partial charge in [-0.25, -0.2) is 28.9 Å². The van der Waals surface area contributed by atoms with Crippen molar-refractivity contribution in [2.45, 2.75) is 33.1 Å². The highest BCUT2D eigenvalue weighted by Crippen LogP contribution is 2.22. The molecule has 0 radical (unpaired) electrons. The first kappa shape index (κ1) is 20.1. The lowest BCUT2D eigenvalue weighted by molar-refractivity contribution is 0.0512. The first-order chi connectivity index (χ1) is 14.6. The van der Waals surface area contributed by atoms with E-state index in [-0.39, 0.29) is 12.4 Å². The molecule has 4 aromatic heterocycles. The summed E-state index contributed by atoms with van der Waals surface area (Å²) in [7, 11) is 0. The third kappa shape index (κ3) is 3.82. The average molecular weight is 470 g/mol. The molecule has 30 heavy (non-hydrogen) atoms. The molecule has 4 aromatic rings. The van der Waals surface area contributed by atoms with Gasteiger partial charge in [0.2, 0.25) is 0 Å². The Bertz CT molecular complexity index is 1200. The molecule has 0 fully saturated rings. The van der Waals surface area contributed by atoms with Crippen LogP contribution in [-0.4, -0.2) is 46.9 Å². The number of ether oxygens (including phenoxy) is 1. The Kier molecular flexibility index (Phi) is 5.84. The highest BCUT2D eigenvalue weighted by atomic mass is 79.9. The van der Waals surface area contributed by atoms with E-state index >= 15 is 0 Å². The van der Waals surface area contributed by atoms with Crippen LogP contribution in [0.1, 0.15) is 47.8 Å². The largest absolute Gasteiger partial charge is 0.460 e. The van der Waals surface area contributed by atoms with Crippen molar-refractivity contribution in [1.82, 2.24) is 34.3 Å². The molecule has 0 amide bonds. The van der Waals surface area contributed by atoms with E-state index in [2.05, 4.69) is 48.0 Å². The zero-order valence-corrected chi connectivity index (χ0v) is 18.2. The lowest BCUT2D eigenvalue weighted by Crippen LogP contribution is -2.09. The van der Waals surface area contributed by atoms with Crippen LogP contribution in [-0.2, 0) is 17.6 Å². The van der Waals surface area contributed by atoms with Crippen LogP contribution in [0.2, 0.25) is 0 Å². The van der Waals surface area contributed by atoms with Gasteiger partial charge < -0.3 is 4.74 Å². The summed E-state index contributed by atoms with van der Waals surface area (Å²) in [5.41, 5.74) is 3.38. The summed E-state index contributed by atoms with van der Waals surface area (Å²) < 4.78 is 9.21. The predicted octanol–water partition coefficient (Wildman–Crippen LogP) is 3.19. The van der Waals surface area contributed by atoms with Gasteiger partial charge >= 0.3 is 5.97 Å². The fraction of sp³-hybridized carbons (Fsp3) is 0.300. The summed E-state index contributed by atoms with van der Waals surface area (Å²) in [6, 6.07) is 5.72. The van der Waals surface area contributed by atoms with Gasteiger partial charge in [-0.2, -0.15) is 5.10 Å². The monoisotopic (exact) mass is 469 g/mol. The van der Waals surface area contributed by atoms with Crippen molar-refractivity contribution in [1.29, 1.82) is 0 Å². The second-order valence-corrected chi connectivity index (χ2v) is 7.42. The quantitative estimate of drug-likeness (QED) is 0.383. The molecule has 9 nitrogen and oxygen atoms in total. The van der Waals surface area contributed by atoms with Crippen LogP contribution in [0.15, 0.2) is 41.4 Å². The number of hydrogen-bond acceptors (Lipinski definition) is 7. The van der Waals surface area contributed by atoms with Gasteiger partial charge in [0.1, 0.15) is 6.33 Å². The van der Waals surface area contributed by atoms with Crippen LogP contribution in [0, 0.1) is 0 Å². The van der Waals surface area contributed by atoms with E-state index < -0.39 is 5.97 Å². The number of rotatable bonds is 7. The van der Waals surface area contributed by atoms with Gasteiger partial charge in [0.25, 0.3) is 5.82 Å². The van der Waals surface area contributed by atoms with Gasteiger partial charge in [-0.1, -0.05) is 13.3 Å². The number of aryl methyl sites for hydroxylation is 1. The molecule has 0 atom stereocenters. The standard InChI is InChI=1S/C20H20BrN7O2/c1-3-6-14-16(23-12-27-18(14)25-17(26-27)20(29)30-4-2)11-13-8-10-24-28(13)19-15(21)7-5-9-22-19/h5,7-10,12H,3-4,6,11H2,1-2H3. The third-order valence-corrected chi connectivity index (χ3v) is 5.16. The minimum atomic E-state index is -0.539. The maximum atomic E-state index is 12.1. The molecule has 0 bridgehead atoms. The molecule has 10 heteroatoms. The topological polar surface area (TPSA) is 100 Å². The fourth-order valence-electron chi connectivity index (χ4n) is 3.24. The van der Waals surface area contributed by atoms with Crippen LogP contribution < -0.4 is 0 Å². The smallest absolute Gasteiger partial charge is 0.378 e. The molecular weight excluding hydrogens is 450 g/mol. The highest BCUT2D eigenvalue weighted by Gasteiger charge is 2.20. The van der Waals surface area contributed by atoms with Gasteiger partial charge in [0.05, 0.1) is 22.5 Å². The van der Waals surface area contributed by atoms with Crippen LogP contribution >= 0.6 is 15.9 Å². The molecule has 0 spiro atoms. The number of carbonyl (C=O) groups is 1. The van der Waals surface area contributed by atoms with Crippen molar-refractivity contribution >= 4 is 27.5 Å². The first-order valence-electron chi connectivity index (χ1n) is 9.66. The lowest BCUT2D eigenvalue weighted by Gasteiger charge is -2.11. The van der Waals surface area contributed by atoms with Gasteiger partial charge in [-0.05, 0) is 47.5 Å². The van der Waals surface area contributed by atoms with Gasteiger partial charge in [0.15, 0.2) is 11.5 Å². The average Bonchev–Trinajstić information content (AvgIpc) is 3.37. The Morgan fingerprint density at radius 3 is 2.83 bits per heavy atom. The maximum absolute atomic E-state index is 12.1. The van der Waals surface area contributed by atoms with E-state index in [1.807, 2.05) is 18.2 Å². The molecule has 4 rings (SSSR count). The minimum absolute atomic E-state index is 0.0376. The zero-order chi connectivity index (χ0) is 21.1. The Balaban J connectivity index is 1.75. The summed E-state index contributed by atoms with van der Waals surface area (Å²) in [5.74, 6) is 0.210. The summed E-state index contributed by atoms with van der Waals surface area (Å²) in [5, 5.41) is 8.66. The van der Waals surface area contributed by atoms with Crippen LogP contribution in [0.5, 0.6) is 0 Å². The zero-order valence-electron chi connectivity index (χ0n) is 16.6. The number of pyridine rings is 1. The predicted molar refractivity (Wildman–Crippen MR) is 113 cm³/mol. The molecule has 154 valence electrons. The molecule has 0 N–H and O–H groups in total. The fourth-order valence-corrected chi connectivity index (χ4v) is 3.66. The number of nitrogens with zero attached hydrogens (tertiary/aromatic N) is 7. The second-order valence-electron chi connectivity index (χ2n) is 6.56. The lowest BCUT2D eigenvalue weighted by atomic mass is 10.1. The van der Waals surface area contributed by atoms with Crippen LogP contribution in [0.25, 0.3) is 11.5 Å². The van der Waals surface area contributed by atoms with Crippen LogP contribution in [0.4, 0.5) is 0 Å². The van der Waals surface area contributed by atoms with Gasteiger partial charge in [-0.3, -0.25) is 0 Å². The summed E-state index contributed by atoms with van der Waals surface area (Å²) in [4.78, 5) is 25.5. The molecule has 4 heterocycles. The van der Waals surface area contributed by atoms with Crippen molar-refractivity contribution in [2.24, 2.45) is 0 Å². The normalized spacial score (nSPS) is 11.2. The molecule has 0 aromatic carbocycles. The Hall–Kier alpha value is -3.14.